The van der Waals surface area contributed by atoms with E-state index in [9.17, 15) is 18.8 Å². The summed E-state index contributed by atoms with van der Waals surface area (Å²) in [6, 6.07) is 10.7. The van der Waals surface area contributed by atoms with Gasteiger partial charge in [-0.3, -0.25) is 4.79 Å². The summed E-state index contributed by atoms with van der Waals surface area (Å²) >= 11 is 3.10. The van der Waals surface area contributed by atoms with Crippen molar-refractivity contribution in [1.82, 2.24) is 0 Å². The van der Waals surface area contributed by atoms with Gasteiger partial charge in [0.15, 0.2) is 5.78 Å². The Bertz CT molecular complexity index is 692. The monoisotopic (exact) mass is 335 g/mol. The maximum Gasteiger partial charge on any atom is 0.185 e. The van der Waals surface area contributed by atoms with Crippen LogP contribution in [0.3, 0.4) is 0 Å². The van der Waals surface area contributed by atoms with Crippen LogP contribution in [0.2, 0.25) is 0 Å². The van der Waals surface area contributed by atoms with Gasteiger partial charge < -0.3 is 0 Å². The molecule has 1 atom stereocenters. The molecule has 5 heteroatoms. The maximum absolute atomic E-state index is 13.0. The molecule has 0 N–H and O–H groups in total. The molecule has 0 saturated carbocycles. The number of benzene rings is 2. The van der Waals surface area contributed by atoms with Crippen LogP contribution in [-0.4, -0.2) is 5.78 Å². The van der Waals surface area contributed by atoms with E-state index < -0.39 is 23.3 Å². The molecule has 0 amide bonds. The van der Waals surface area contributed by atoms with Crippen molar-refractivity contribution in [2.75, 3.05) is 0 Å². The average molecular weight is 336 g/mol. The number of nitrogens with zero attached hydrogens (tertiary/aromatic N) is 1. The molecule has 0 aromatic heterocycles. The van der Waals surface area contributed by atoms with Crippen molar-refractivity contribution in [3.05, 3.63) is 69.7 Å². The van der Waals surface area contributed by atoms with E-state index in [1.54, 1.807) is 0 Å². The summed E-state index contributed by atoms with van der Waals surface area (Å²) in [6.45, 7) is 0. The molecule has 1 unspecified atom stereocenters. The fourth-order valence-corrected chi connectivity index (χ4v) is 2.33. The molecular formula is C15H8BrF2NO. The number of nitriles is 1. The molecule has 0 aliphatic rings. The summed E-state index contributed by atoms with van der Waals surface area (Å²) in [4.78, 5) is 12.3. The predicted molar refractivity (Wildman–Crippen MR) is 73.2 cm³/mol. The van der Waals surface area contributed by atoms with Crippen LogP contribution in [0.5, 0.6) is 0 Å². The quantitative estimate of drug-likeness (QED) is 0.788. The number of Topliss-reactive ketones (excluding diaryl/α,β-unsaturated/α-hetero) is 1. The Morgan fingerprint density at radius 1 is 1.10 bits per heavy atom. The summed E-state index contributed by atoms with van der Waals surface area (Å²) in [6.07, 6.45) is 0. The first kappa shape index (κ1) is 14.4. The second kappa shape index (κ2) is 5.93. The van der Waals surface area contributed by atoms with Gasteiger partial charge in [0.1, 0.15) is 17.6 Å². The van der Waals surface area contributed by atoms with Crippen molar-refractivity contribution in [1.29, 1.82) is 5.26 Å². The zero-order valence-corrected chi connectivity index (χ0v) is 11.7. The van der Waals surface area contributed by atoms with Crippen molar-refractivity contribution in [3.8, 4) is 6.07 Å². The summed E-state index contributed by atoms with van der Waals surface area (Å²) in [5, 5.41) is 9.17. The van der Waals surface area contributed by atoms with Crippen LogP contribution in [-0.2, 0) is 0 Å². The average Bonchev–Trinajstić information content (AvgIpc) is 2.41. The molecule has 0 bridgehead atoms. The van der Waals surface area contributed by atoms with Gasteiger partial charge in [-0.1, -0.05) is 12.1 Å². The Balaban J connectivity index is 2.39. The normalized spacial score (nSPS) is 11.7. The summed E-state index contributed by atoms with van der Waals surface area (Å²) in [7, 11) is 0. The SMILES string of the molecule is N#CC(C(=O)c1ccc(F)cc1Br)c1ccc(F)cc1. The fourth-order valence-electron chi connectivity index (χ4n) is 1.78. The lowest BCUT2D eigenvalue weighted by atomic mass is 9.92. The molecule has 2 rings (SSSR count). The molecule has 0 heterocycles. The van der Waals surface area contributed by atoms with Gasteiger partial charge in [0.05, 0.1) is 6.07 Å². The Morgan fingerprint density at radius 3 is 2.25 bits per heavy atom. The Kier molecular flexibility index (Phi) is 4.26. The van der Waals surface area contributed by atoms with Crippen molar-refractivity contribution in [2.45, 2.75) is 5.92 Å². The van der Waals surface area contributed by atoms with E-state index in [4.69, 9.17) is 0 Å². The molecule has 100 valence electrons. The number of carbonyl (C=O) groups is 1. The van der Waals surface area contributed by atoms with E-state index in [0.29, 0.717) is 5.56 Å². The molecule has 2 aromatic carbocycles. The lowest BCUT2D eigenvalue weighted by Crippen LogP contribution is -2.12. The number of halogens is 3. The topological polar surface area (TPSA) is 40.9 Å². The van der Waals surface area contributed by atoms with Gasteiger partial charge in [-0.25, -0.2) is 8.78 Å². The number of ketones is 1. The number of rotatable bonds is 3. The highest BCUT2D eigenvalue weighted by molar-refractivity contribution is 9.10. The number of carbonyl (C=O) groups excluding carboxylic acids is 1. The van der Waals surface area contributed by atoms with Crippen molar-refractivity contribution >= 4 is 21.7 Å². The summed E-state index contributed by atoms with van der Waals surface area (Å²) in [5.74, 6) is -2.45. The summed E-state index contributed by atoms with van der Waals surface area (Å²) in [5.41, 5.74) is 0.609. The van der Waals surface area contributed by atoms with E-state index in [0.717, 1.165) is 12.1 Å². The second-order valence-electron chi connectivity index (χ2n) is 4.10. The first-order valence-electron chi connectivity index (χ1n) is 5.67. The molecular weight excluding hydrogens is 328 g/mol. The molecule has 0 aliphatic heterocycles. The van der Waals surface area contributed by atoms with Gasteiger partial charge >= 0.3 is 0 Å². The molecule has 2 aromatic rings. The first-order chi connectivity index (χ1) is 9.52. The highest BCUT2D eigenvalue weighted by atomic mass is 79.9. The van der Waals surface area contributed by atoms with E-state index in [2.05, 4.69) is 15.9 Å². The van der Waals surface area contributed by atoms with Crippen LogP contribution in [0, 0.1) is 23.0 Å². The van der Waals surface area contributed by atoms with Crippen LogP contribution in [0.1, 0.15) is 21.8 Å². The minimum absolute atomic E-state index is 0.210. The molecule has 0 saturated heterocycles. The molecule has 0 fully saturated rings. The number of hydrogen-bond donors (Lipinski definition) is 0. The van der Waals surface area contributed by atoms with Gasteiger partial charge in [0.2, 0.25) is 0 Å². The van der Waals surface area contributed by atoms with Crippen molar-refractivity contribution in [3.63, 3.8) is 0 Å². The molecule has 0 aliphatic carbocycles. The zero-order valence-electron chi connectivity index (χ0n) is 10.1. The predicted octanol–water partition coefficient (Wildman–Crippen LogP) is 4.22. The van der Waals surface area contributed by atoms with Crippen molar-refractivity contribution < 1.29 is 13.6 Å². The highest BCUT2D eigenvalue weighted by Crippen LogP contribution is 2.26. The van der Waals surface area contributed by atoms with Gasteiger partial charge in [-0.15, -0.1) is 0 Å². The minimum Gasteiger partial charge on any atom is -0.292 e. The third kappa shape index (κ3) is 2.91. The molecule has 0 radical (unpaired) electrons. The van der Waals surface area contributed by atoms with Gasteiger partial charge in [0, 0.05) is 10.0 Å². The Morgan fingerprint density at radius 2 is 1.70 bits per heavy atom. The lowest BCUT2D eigenvalue weighted by Gasteiger charge is -2.10. The van der Waals surface area contributed by atoms with Crippen LogP contribution in [0.15, 0.2) is 46.9 Å². The van der Waals surface area contributed by atoms with Gasteiger partial charge in [0.25, 0.3) is 0 Å². The smallest absolute Gasteiger partial charge is 0.185 e. The van der Waals surface area contributed by atoms with Crippen LogP contribution >= 0.6 is 15.9 Å². The van der Waals surface area contributed by atoms with Crippen LogP contribution < -0.4 is 0 Å². The third-order valence-corrected chi connectivity index (χ3v) is 3.45. The van der Waals surface area contributed by atoms with E-state index in [-0.39, 0.29) is 10.0 Å². The largest absolute Gasteiger partial charge is 0.292 e. The van der Waals surface area contributed by atoms with E-state index in [1.807, 2.05) is 6.07 Å². The highest BCUT2D eigenvalue weighted by Gasteiger charge is 2.23. The van der Waals surface area contributed by atoms with Gasteiger partial charge in [-0.2, -0.15) is 5.26 Å². The van der Waals surface area contributed by atoms with E-state index in [1.165, 1.54) is 30.3 Å². The molecule has 20 heavy (non-hydrogen) atoms. The lowest BCUT2D eigenvalue weighted by molar-refractivity contribution is 0.0978. The standard InChI is InChI=1S/C15H8BrF2NO/c16-14-7-11(18)5-6-12(14)15(20)13(8-19)9-1-3-10(17)4-2-9/h1-7,13H. The maximum atomic E-state index is 13.0. The van der Waals surface area contributed by atoms with Crippen LogP contribution in [0.4, 0.5) is 8.78 Å². The first-order valence-corrected chi connectivity index (χ1v) is 6.46. The third-order valence-electron chi connectivity index (χ3n) is 2.79. The van der Waals surface area contributed by atoms with E-state index >= 15 is 0 Å². The van der Waals surface area contributed by atoms with Crippen molar-refractivity contribution in [2.24, 2.45) is 0 Å². The van der Waals surface area contributed by atoms with Gasteiger partial charge in [-0.05, 0) is 51.8 Å². The zero-order chi connectivity index (χ0) is 14.7. The molecule has 0 spiro atoms. The number of hydrogen-bond acceptors (Lipinski definition) is 2. The molecule has 2 nitrogen and oxygen atoms in total. The Hall–Kier alpha value is -2.06. The van der Waals surface area contributed by atoms with Crippen LogP contribution in [0.25, 0.3) is 0 Å². The Labute approximate surface area is 122 Å². The fraction of sp³-hybridized carbons (Fsp3) is 0.0667. The summed E-state index contributed by atoms with van der Waals surface area (Å²) < 4.78 is 26.2. The minimum atomic E-state index is -1.06. The second-order valence-corrected chi connectivity index (χ2v) is 4.96.